The molecule has 1 aliphatic heterocycles. The maximum absolute atomic E-state index is 12.7. The highest BCUT2D eigenvalue weighted by Crippen LogP contribution is 2.26. The van der Waals surface area contributed by atoms with Crippen LogP contribution in [0.3, 0.4) is 0 Å². The number of hydrogen-bond donors (Lipinski definition) is 0. The van der Waals surface area contributed by atoms with Crippen molar-refractivity contribution >= 4 is 17.2 Å². The van der Waals surface area contributed by atoms with Crippen molar-refractivity contribution in [2.75, 3.05) is 33.3 Å². The van der Waals surface area contributed by atoms with Crippen LogP contribution in [0.4, 0.5) is 0 Å². The van der Waals surface area contributed by atoms with Gasteiger partial charge in [-0.25, -0.2) is 4.98 Å². The van der Waals surface area contributed by atoms with E-state index in [4.69, 9.17) is 9.15 Å². The fraction of sp³-hybridized carbons (Fsp3) is 0.333. The zero-order valence-corrected chi connectivity index (χ0v) is 16.9. The standard InChI is InChI=1S/C21H23N3O3S/c1-15-18(22-20(27-15)19-7-4-12-28-19)14-23-8-10-24(11-9-23)21(25)16-5-3-6-17(13-16)26-2/h3-7,12-13H,8-11,14H2,1-2H3. The molecule has 146 valence electrons. The summed E-state index contributed by atoms with van der Waals surface area (Å²) in [5.74, 6) is 2.30. The van der Waals surface area contributed by atoms with E-state index >= 15 is 0 Å². The fourth-order valence-corrected chi connectivity index (χ4v) is 3.99. The average Bonchev–Trinajstić information content (AvgIpc) is 3.38. The van der Waals surface area contributed by atoms with E-state index in [-0.39, 0.29) is 5.91 Å². The predicted octanol–water partition coefficient (Wildman–Crippen LogP) is 3.68. The topological polar surface area (TPSA) is 58.8 Å². The van der Waals surface area contributed by atoms with Gasteiger partial charge in [0.05, 0.1) is 17.7 Å². The number of piperazine rings is 1. The number of oxazole rings is 1. The van der Waals surface area contributed by atoms with Gasteiger partial charge in [0.15, 0.2) is 0 Å². The SMILES string of the molecule is COc1cccc(C(=O)N2CCN(Cc3nc(-c4cccs4)oc3C)CC2)c1. The first-order valence-electron chi connectivity index (χ1n) is 9.30. The number of rotatable bonds is 5. The van der Waals surface area contributed by atoms with E-state index in [0.717, 1.165) is 36.0 Å². The molecule has 0 saturated carbocycles. The Hall–Kier alpha value is -2.64. The van der Waals surface area contributed by atoms with Gasteiger partial charge in [0.1, 0.15) is 11.5 Å². The Bertz CT molecular complexity index is 944. The Balaban J connectivity index is 1.36. The first-order valence-corrected chi connectivity index (χ1v) is 10.2. The van der Waals surface area contributed by atoms with Gasteiger partial charge in [-0.2, -0.15) is 0 Å². The summed E-state index contributed by atoms with van der Waals surface area (Å²) in [7, 11) is 1.61. The molecule has 3 heterocycles. The summed E-state index contributed by atoms with van der Waals surface area (Å²) < 4.78 is 11.1. The van der Waals surface area contributed by atoms with Gasteiger partial charge in [-0.15, -0.1) is 11.3 Å². The second-order valence-corrected chi connectivity index (χ2v) is 7.75. The number of ether oxygens (including phenoxy) is 1. The van der Waals surface area contributed by atoms with Crippen LogP contribution in [0.5, 0.6) is 5.75 Å². The number of benzene rings is 1. The third-order valence-electron chi connectivity index (χ3n) is 4.97. The van der Waals surface area contributed by atoms with Crippen LogP contribution >= 0.6 is 11.3 Å². The third-order valence-corrected chi connectivity index (χ3v) is 5.83. The van der Waals surface area contributed by atoms with Gasteiger partial charge in [-0.05, 0) is 36.6 Å². The highest BCUT2D eigenvalue weighted by molar-refractivity contribution is 7.13. The minimum atomic E-state index is 0.0520. The molecule has 1 aromatic carbocycles. The Kier molecular flexibility index (Phi) is 5.45. The maximum atomic E-state index is 12.7. The molecule has 1 saturated heterocycles. The van der Waals surface area contributed by atoms with Gasteiger partial charge >= 0.3 is 0 Å². The molecule has 2 aromatic heterocycles. The van der Waals surface area contributed by atoms with Gasteiger partial charge in [-0.3, -0.25) is 9.69 Å². The lowest BCUT2D eigenvalue weighted by molar-refractivity contribution is 0.0626. The van der Waals surface area contributed by atoms with Crippen molar-refractivity contribution in [2.45, 2.75) is 13.5 Å². The normalized spacial score (nSPS) is 15.0. The number of aryl methyl sites for hydroxylation is 1. The lowest BCUT2D eigenvalue weighted by Crippen LogP contribution is -2.48. The van der Waals surface area contributed by atoms with Gasteiger partial charge in [-0.1, -0.05) is 12.1 Å². The largest absolute Gasteiger partial charge is 0.497 e. The number of hydrogen-bond acceptors (Lipinski definition) is 6. The molecule has 7 heteroatoms. The Morgan fingerprint density at radius 1 is 1.21 bits per heavy atom. The van der Waals surface area contributed by atoms with E-state index < -0.39 is 0 Å². The second-order valence-electron chi connectivity index (χ2n) is 6.80. The van der Waals surface area contributed by atoms with Crippen LogP contribution in [0.15, 0.2) is 46.2 Å². The zero-order valence-electron chi connectivity index (χ0n) is 16.1. The van der Waals surface area contributed by atoms with Crippen molar-refractivity contribution in [2.24, 2.45) is 0 Å². The number of thiophene rings is 1. The molecule has 0 unspecified atom stereocenters. The smallest absolute Gasteiger partial charge is 0.254 e. The molecule has 3 aromatic rings. The Morgan fingerprint density at radius 3 is 2.75 bits per heavy atom. The molecule has 0 atom stereocenters. The van der Waals surface area contributed by atoms with Gasteiger partial charge in [0.2, 0.25) is 5.89 Å². The van der Waals surface area contributed by atoms with Crippen LogP contribution in [-0.4, -0.2) is 54.0 Å². The highest BCUT2D eigenvalue weighted by atomic mass is 32.1. The highest BCUT2D eigenvalue weighted by Gasteiger charge is 2.24. The van der Waals surface area contributed by atoms with Crippen LogP contribution in [0.2, 0.25) is 0 Å². The summed E-state index contributed by atoms with van der Waals surface area (Å²) in [4.78, 5) is 22.7. The number of carbonyl (C=O) groups excluding carboxylic acids is 1. The van der Waals surface area contributed by atoms with E-state index in [1.807, 2.05) is 47.5 Å². The Morgan fingerprint density at radius 2 is 2.04 bits per heavy atom. The molecule has 0 radical (unpaired) electrons. The lowest BCUT2D eigenvalue weighted by Gasteiger charge is -2.34. The van der Waals surface area contributed by atoms with Crippen LogP contribution in [0.1, 0.15) is 21.8 Å². The summed E-state index contributed by atoms with van der Waals surface area (Å²) in [6.07, 6.45) is 0. The number of aromatic nitrogens is 1. The Labute approximate surface area is 168 Å². The lowest BCUT2D eigenvalue weighted by atomic mass is 10.1. The second kappa shape index (κ2) is 8.16. The van der Waals surface area contributed by atoms with Crippen LogP contribution in [-0.2, 0) is 6.54 Å². The molecule has 0 N–H and O–H groups in total. The monoisotopic (exact) mass is 397 g/mol. The summed E-state index contributed by atoms with van der Waals surface area (Å²) in [5.41, 5.74) is 1.64. The molecule has 1 aliphatic rings. The minimum absolute atomic E-state index is 0.0520. The molecule has 0 aliphatic carbocycles. The molecule has 1 fully saturated rings. The average molecular weight is 398 g/mol. The van der Waals surface area contributed by atoms with Crippen LogP contribution in [0.25, 0.3) is 10.8 Å². The fourth-order valence-electron chi connectivity index (χ4n) is 3.34. The first-order chi connectivity index (χ1) is 13.6. The van der Waals surface area contributed by atoms with Crippen LogP contribution < -0.4 is 4.74 Å². The van der Waals surface area contributed by atoms with Crippen molar-refractivity contribution in [1.29, 1.82) is 0 Å². The van der Waals surface area contributed by atoms with Gasteiger partial charge in [0.25, 0.3) is 5.91 Å². The number of carbonyl (C=O) groups is 1. The molecule has 0 bridgehead atoms. The third kappa shape index (κ3) is 3.95. The van der Waals surface area contributed by atoms with E-state index in [1.54, 1.807) is 24.5 Å². The maximum Gasteiger partial charge on any atom is 0.254 e. The molecule has 6 nitrogen and oxygen atoms in total. The van der Waals surface area contributed by atoms with Crippen molar-refractivity contribution in [3.05, 3.63) is 58.8 Å². The molecule has 0 spiro atoms. The molecular formula is C21H23N3O3S. The van der Waals surface area contributed by atoms with E-state index in [0.29, 0.717) is 30.3 Å². The number of nitrogens with zero attached hydrogens (tertiary/aromatic N) is 3. The van der Waals surface area contributed by atoms with Crippen molar-refractivity contribution < 1.29 is 13.9 Å². The molecule has 28 heavy (non-hydrogen) atoms. The van der Waals surface area contributed by atoms with E-state index in [2.05, 4.69) is 9.88 Å². The molecule has 4 rings (SSSR count). The molecular weight excluding hydrogens is 374 g/mol. The van der Waals surface area contributed by atoms with E-state index in [1.165, 1.54) is 0 Å². The van der Waals surface area contributed by atoms with E-state index in [9.17, 15) is 4.79 Å². The van der Waals surface area contributed by atoms with Crippen molar-refractivity contribution in [1.82, 2.24) is 14.8 Å². The summed E-state index contributed by atoms with van der Waals surface area (Å²) in [6, 6.07) is 11.3. The van der Waals surface area contributed by atoms with Gasteiger partial charge in [0, 0.05) is 38.3 Å². The summed E-state index contributed by atoms with van der Waals surface area (Å²) >= 11 is 1.63. The number of amides is 1. The van der Waals surface area contributed by atoms with Crippen molar-refractivity contribution in [3.63, 3.8) is 0 Å². The molecule has 1 amide bonds. The summed E-state index contributed by atoms with van der Waals surface area (Å²) in [5, 5.41) is 2.02. The zero-order chi connectivity index (χ0) is 19.5. The minimum Gasteiger partial charge on any atom is -0.497 e. The van der Waals surface area contributed by atoms with Gasteiger partial charge < -0.3 is 14.1 Å². The summed E-state index contributed by atoms with van der Waals surface area (Å²) in [6.45, 7) is 5.73. The predicted molar refractivity (Wildman–Crippen MR) is 109 cm³/mol. The van der Waals surface area contributed by atoms with Crippen molar-refractivity contribution in [3.8, 4) is 16.5 Å². The van der Waals surface area contributed by atoms with Crippen LogP contribution in [0, 0.1) is 6.92 Å². The first kappa shape index (κ1) is 18.7. The number of methoxy groups -OCH3 is 1. The quantitative estimate of drug-likeness (QED) is 0.657.